The number of nitrogens with zero attached hydrogens (tertiary/aromatic N) is 1. The lowest BCUT2D eigenvalue weighted by Crippen LogP contribution is -2.81. The first-order chi connectivity index (χ1) is 23.7. The van der Waals surface area contributed by atoms with Crippen LogP contribution in [0.15, 0.2) is 164 Å². The molecule has 1 nitrogen and oxygen atoms in total. The molecule has 0 N–H and O–H groups in total. The van der Waals surface area contributed by atoms with Gasteiger partial charge in [-0.05, 0) is 56.4 Å². The van der Waals surface area contributed by atoms with Crippen molar-refractivity contribution >= 4 is 92.1 Å². The van der Waals surface area contributed by atoms with E-state index in [-0.39, 0.29) is 13.4 Å². The molecule has 224 valence electrons. The quantitative estimate of drug-likeness (QED) is 0.272. The largest absolute Gasteiger partial charge is 0.313 e. The summed E-state index contributed by atoms with van der Waals surface area (Å²) in [5, 5.41) is 5.87. The molecular formula is C44H33B2NSi. The highest BCUT2D eigenvalue weighted by molar-refractivity contribution is 7.22. The molecule has 48 heavy (non-hydrogen) atoms. The fourth-order valence-corrected chi connectivity index (χ4v) is 14.8. The predicted molar refractivity (Wildman–Crippen MR) is 210 cm³/mol. The van der Waals surface area contributed by atoms with Crippen LogP contribution in [0.5, 0.6) is 0 Å². The Labute approximate surface area is 284 Å². The standard InChI is InChI=1S/C44H33B2NSi/c1-30-26-38-43-40(28-30)48(34-20-11-5-12-21-34,35-22-13-6-14-23-35)41-29-31(2)27-39-44(41)47(43)42-36(45(38)32-16-7-3-8-17-32)24-15-25-37(42)46(39)33-18-9-4-10-19-33/h3-29H,1-2H3. The second kappa shape index (κ2) is 10.3. The molecule has 3 aliphatic rings. The Morgan fingerprint density at radius 2 is 0.792 bits per heavy atom. The van der Waals surface area contributed by atoms with E-state index in [0.717, 1.165) is 0 Å². The van der Waals surface area contributed by atoms with Crippen LogP contribution < -0.4 is 58.4 Å². The lowest BCUT2D eigenvalue weighted by molar-refractivity contribution is 1.29. The molecule has 0 fully saturated rings. The molecule has 4 heteroatoms. The van der Waals surface area contributed by atoms with Crippen LogP contribution in [-0.2, 0) is 0 Å². The van der Waals surface area contributed by atoms with Crippen molar-refractivity contribution < 1.29 is 0 Å². The summed E-state index contributed by atoms with van der Waals surface area (Å²) in [6, 6.07) is 62.6. The molecule has 0 atom stereocenters. The Morgan fingerprint density at radius 3 is 1.21 bits per heavy atom. The Balaban J connectivity index is 1.45. The third-order valence-electron chi connectivity index (χ3n) is 11.1. The lowest BCUT2D eigenvalue weighted by Gasteiger charge is -2.53. The van der Waals surface area contributed by atoms with Gasteiger partial charge in [-0.2, -0.15) is 0 Å². The molecule has 3 heterocycles. The van der Waals surface area contributed by atoms with Gasteiger partial charge >= 0.3 is 0 Å². The van der Waals surface area contributed by atoms with E-state index in [2.05, 4.69) is 183 Å². The van der Waals surface area contributed by atoms with E-state index in [9.17, 15) is 0 Å². The average molecular weight is 625 g/mol. The number of rotatable bonds is 4. The van der Waals surface area contributed by atoms with Crippen molar-refractivity contribution in [3.8, 4) is 0 Å². The number of hydrogen-bond donors (Lipinski definition) is 0. The van der Waals surface area contributed by atoms with Gasteiger partial charge in [0.1, 0.15) is 0 Å². The number of para-hydroxylation sites is 1. The van der Waals surface area contributed by atoms with Gasteiger partial charge in [0.25, 0.3) is 0 Å². The minimum absolute atomic E-state index is 0.134. The highest BCUT2D eigenvalue weighted by Gasteiger charge is 2.55. The zero-order valence-electron chi connectivity index (χ0n) is 27.2. The van der Waals surface area contributed by atoms with E-state index in [1.807, 2.05) is 0 Å². The first-order valence-electron chi connectivity index (χ1n) is 17.1. The molecule has 7 aromatic rings. The summed E-state index contributed by atoms with van der Waals surface area (Å²) in [7, 11) is -2.82. The molecule has 0 saturated carbocycles. The molecule has 0 spiro atoms. The molecule has 0 unspecified atom stereocenters. The summed E-state index contributed by atoms with van der Waals surface area (Å²) in [6.07, 6.45) is 0. The van der Waals surface area contributed by atoms with Gasteiger partial charge in [0.15, 0.2) is 8.07 Å². The van der Waals surface area contributed by atoms with Crippen molar-refractivity contribution in [3.63, 3.8) is 0 Å². The van der Waals surface area contributed by atoms with Gasteiger partial charge in [0.05, 0.1) is 0 Å². The molecule has 0 aliphatic carbocycles. The van der Waals surface area contributed by atoms with Crippen LogP contribution in [0.1, 0.15) is 11.1 Å². The smallest absolute Gasteiger partial charge is 0.246 e. The Morgan fingerprint density at radius 1 is 0.396 bits per heavy atom. The molecule has 0 aromatic heterocycles. The van der Waals surface area contributed by atoms with Crippen LogP contribution in [0, 0.1) is 13.8 Å². The van der Waals surface area contributed by atoms with Crippen LogP contribution in [0.4, 0.5) is 17.1 Å². The monoisotopic (exact) mass is 625 g/mol. The number of anilines is 3. The fourth-order valence-electron chi connectivity index (χ4n) is 9.42. The first-order valence-corrected chi connectivity index (χ1v) is 19.1. The molecule has 0 bridgehead atoms. The van der Waals surface area contributed by atoms with Crippen LogP contribution >= 0.6 is 0 Å². The maximum absolute atomic E-state index is 2.82. The Hall–Kier alpha value is -5.31. The summed E-state index contributed by atoms with van der Waals surface area (Å²) in [5.74, 6) is 0. The summed E-state index contributed by atoms with van der Waals surface area (Å²) < 4.78 is 0. The number of aryl methyl sites for hydroxylation is 2. The Kier molecular flexibility index (Phi) is 5.98. The average Bonchev–Trinajstić information content (AvgIpc) is 3.13. The molecular weight excluding hydrogens is 592 g/mol. The van der Waals surface area contributed by atoms with Crippen molar-refractivity contribution in [2.24, 2.45) is 0 Å². The molecule has 7 aromatic carbocycles. The molecule has 0 saturated heterocycles. The molecule has 0 amide bonds. The first kappa shape index (κ1) is 27.8. The van der Waals surface area contributed by atoms with Crippen LogP contribution in [0.25, 0.3) is 0 Å². The van der Waals surface area contributed by atoms with E-state index in [1.165, 1.54) is 81.7 Å². The van der Waals surface area contributed by atoms with Crippen molar-refractivity contribution in [2.75, 3.05) is 4.90 Å². The summed E-state index contributed by atoms with van der Waals surface area (Å²) in [4.78, 5) is 2.72. The SMILES string of the molecule is Cc1cc2c3c(c1)[Si](c1ccccc1)(c1ccccc1)c1cc(C)cc4c1N3c1c(cccc1B4c1ccccc1)B2c1ccccc1. The summed E-state index contributed by atoms with van der Waals surface area (Å²) in [6.45, 7) is 4.88. The van der Waals surface area contributed by atoms with E-state index in [0.29, 0.717) is 0 Å². The third kappa shape index (κ3) is 3.64. The summed E-state index contributed by atoms with van der Waals surface area (Å²) >= 11 is 0. The van der Waals surface area contributed by atoms with Crippen molar-refractivity contribution in [1.82, 2.24) is 0 Å². The van der Waals surface area contributed by atoms with Crippen molar-refractivity contribution in [1.29, 1.82) is 0 Å². The van der Waals surface area contributed by atoms with E-state index < -0.39 is 8.07 Å². The third-order valence-corrected chi connectivity index (χ3v) is 15.8. The molecule has 3 aliphatic heterocycles. The van der Waals surface area contributed by atoms with Crippen LogP contribution in [0.3, 0.4) is 0 Å². The van der Waals surface area contributed by atoms with Crippen LogP contribution in [0.2, 0.25) is 0 Å². The summed E-state index contributed by atoms with van der Waals surface area (Å²) in [5.41, 5.74) is 15.1. The van der Waals surface area contributed by atoms with Gasteiger partial charge in [0, 0.05) is 17.1 Å². The minimum Gasteiger partial charge on any atom is -0.313 e. The van der Waals surface area contributed by atoms with E-state index >= 15 is 0 Å². The minimum atomic E-state index is -2.82. The predicted octanol–water partition coefficient (Wildman–Crippen LogP) is 3.12. The zero-order chi connectivity index (χ0) is 32.0. The fraction of sp³-hybridized carbons (Fsp3) is 0.0455. The molecule has 10 rings (SSSR count). The second-order valence-electron chi connectivity index (χ2n) is 13.8. The van der Waals surface area contributed by atoms with Gasteiger partial charge < -0.3 is 4.90 Å². The van der Waals surface area contributed by atoms with Gasteiger partial charge in [-0.15, -0.1) is 0 Å². The number of benzene rings is 7. The van der Waals surface area contributed by atoms with E-state index in [4.69, 9.17) is 0 Å². The van der Waals surface area contributed by atoms with Gasteiger partial charge in [-0.3, -0.25) is 0 Å². The maximum Gasteiger partial charge on any atom is 0.246 e. The Bertz CT molecular complexity index is 2210. The number of hydrogen-bond acceptors (Lipinski definition) is 1. The van der Waals surface area contributed by atoms with Crippen molar-refractivity contribution in [3.05, 3.63) is 175 Å². The lowest BCUT2D eigenvalue weighted by atomic mass is 9.30. The van der Waals surface area contributed by atoms with Gasteiger partial charge in [-0.25, -0.2) is 0 Å². The molecule has 0 radical (unpaired) electrons. The topological polar surface area (TPSA) is 3.24 Å². The van der Waals surface area contributed by atoms with Gasteiger partial charge in [-0.1, -0.05) is 186 Å². The highest BCUT2D eigenvalue weighted by Crippen LogP contribution is 2.41. The van der Waals surface area contributed by atoms with Gasteiger partial charge in [0.2, 0.25) is 13.4 Å². The zero-order valence-corrected chi connectivity index (χ0v) is 28.2. The second-order valence-corrected chi connectivity index (χ2v) is 17.5. The van der Waals surface area contributed by atoms with Crippen molar-refractivity contribution in [2.45, 2.75) is 13.8 Å². The maximum atomic E-state index is 2.72. The van der Waals surface area contributed by atoms with E-state index in [1.54, 1.807) is 0 Å². The highest BCUT2D eigenvalue weighted by atomic mass is 28.3. The van der Waals surface area contributed by atoms with Crippen LogP contribution in [-0.4, -0.2) is 21.5 Å². The normalized spacial score (nSPS) is 14.5.